The van der Waals surface area contributed by atoms with Crippen molar-refractivity contribution in [2.24, 2.45) is 28.6 Å². The molecule has 9 aliphatic rings. The van der Waals surface area contributed by atoms with Crippen LogP contribution in [0.2, 0.25) is 0 Å². The van der Waals surface area contributed by atoms with Crippen LogP contribution in [0.1, 0.15) is 392 Å². The number of halogens is 3. The Labute approximate surface area is 820 Å². The standard InChI is InChI=1S/2C30H29FN4O.C30H27FN4O.63H2/c1-29(2)24-11-10-21-25(20-6-4-5-7-22(20)31)34-28(18-12-13-32-23(14-18)17-8-9-17)35-26(21)30(24,3)15-19-16-33-36-27(19)29;2*1-29(2)24-12-11-20-25(19-7-5-6-8-21(19)31)34-28(18-13-14-33-22(15-18)17-9-10-17)35-26(20)30(24,3)16-23(32-4)27(29)36;;;;;;;;;;;;;;;;;;;;;;;;;;;;;;;;;;;;;;;;;;;;;;;;;;;;;;;;;;;;;;;/h4-7,12-14,16-17,24H,8-11,15H2,1-3H3;5-8,13-15,17,24,36H,9-12,16H2,1-3H3;5-8,13-17,24H,9-12H2,1-3H3;63*1H/t3*24-,30-;;;;;;;;;;;;;;;;;;;;;;;;;;;;;;;;;;;;;;;;;;;;;;;;;;;;;;;;;;;;;;;/m111.............................................................../s1/i;;;62*1+2T;1+2. The summed E-state index contributed by atoms with van der Waals surface area (Å²) in [4.78, 5) is 64.7. The zero-order chi connectivity index (χ0) is 199. The second kappa shape index (κ2) is 26.0. The summed E-state index contributed by atoms with van der Waals surface area (Å²) in [6.45, 7) is 34.4. The van der Waals surface area contributed by atoms with Crippen LogP contribution in [0.4, 0.5) is 13.2 Å². The number of aromatic nitrogens is 10. The van der Waals surface area contributed by atoms with Crippen molar-refractivity contribution in [2.75, 3.05) is 0 Å². The first-order valence-corrected chi connectivity index (χ1v) is 38.1. The highest BCUT2D eigenvalue weighted by Gasteiger charge is 2.59. The second-order valence-corrected chi connectivity index (χ2v) is 33.8. The van der Waals surface area contributed by atoms with E-state index in [9.17, 15) is 9.90 Å². The number of carbonyl (C=O) groups excluding carboxylic acids is 1. The maximum atomic E-state index is 15.2. The predicted molar refractivity (Wildman–Crippen MR) is 540 cm³/mol. The minimum absolute atomic E-state index is 0. The monoisotopic (exact) mass is 1820 g/mol. The van der Waals surface area contributed by atoms with Crippen LogP contribution in [-0.4, -0.2) is 60.9 Å². The molecule has 0 bridgehead atoms. The number of nitrogens with zero attached hydrogens (tertiary/aromatic N) is 12. The van der Waals surface area contributed by atoms with Gasteiger partial charge in [0.05, 0.1) is 53.5 Å². The molecule has 3 saturated carbocycles. The van der Waals surface area contributed by atoms with E-state index in [4.69, 9.17) is 232 Å². The number of benzene rings is 3. The zero-order valence-electron chi connectivity index (χ0n) is 186. The van der Waals surface area contributed by atoms with E-state index >= 15 is 13.2 Å². The Kier molecular flexibility index (Phi) is 7.07. The lowest BCUT2D eigenvalue weighted by Gasteiger charge is -2.52. The molecule has 108 heavy (non-hydrogen) atoms. The second-order valence-electron chi connectivity index (χ2n) is 33.8. The highest BCUT2D eigenvalue weighted by molar-refractivity contribution is 6.03. The van der Waals surface area contributed by atoms with Crippen molar-refractivity contribution >= 4 is 5.78 Å². The molecule has 0 saturated heterocycles. The molecule has 7 aromatic heterocycles. The van der Waals surface area contributed by atoms with E-state index in [1.54, 1.807) is 48.8 Å². The first-order chi connectivity index (χ1) is 114. The number of carbonyl (C=O) groups is 1. The molecule has 10 aromatic rings. The molecule has 670 valence electrons. The third kappa shape index (κ3) is 11.7. The summed E-state index contributed by atoms with van der Waals surface area (Å²) in [7, 11) is 0. The van der Waals surface area contributed by atoms with Crippen LogP contribution in [0.25, 0.3) is 77.6 Å². The number of fused-ring (bicyclic) bond motifs is 10. The van der Waals surface area contributed by atoms with Crippen LogP contribution < -0.4 is 0 Å². The topological polar surface area (TPSA) is 188 Å². The minimum Gasteiger partial charge on any atom is -0.523 e. The van der Waals surface area contributed by atoms with E-state index in [2.05, 4.69) is 76.6 Å². The quantitative estimate of drug-likeness (QED) is 0.135. The van der Waals surface area contributed by atoms with Gasteiger partial charge in [0.2, 0.25) is 11.4 Å². The Morgan fingerprint density at radius 1 is 0.491 bits per heavy atom. The van der Waals surface area contributed by atoms with Crippen molar-refractivity contribution in [2.45, 2.75) is 192 Å². The van der Waals surface area contributed by atoms with Gasteiger partial charge in [0.1, 0.15) is 29.0 Å². The lowest BCUT2D eigenvalue weighted by Crippen LogP contribution is -2.52. The number of aliphatic hydroxyl groups excluding tert-OH is 1. The van der Waals surface area contributed by atoms with Gasteiger partial charge >= 0.3 is 0 Å². The normalized spacial score (nSPS) is 28.9. The number of ketones is 1. The van der Waals surface area contributed by atoms with Crippen LogP contribution >= 0.6 is 0 Å². The van der Waals surface area contributed by atoms with Crippen LogP contribution in [0.3, 0.4) is 0 Å². The van der Waals surface area contributed by atoms with Gasteiger partial charge in [-0.05, 0) is 180 Å². The van der Waals surface area contributed by atoms with Crippen LogP contribution in [0.5, 0.6) is 0 Å². The Bertz CT molecular complexity index is 5770. The first kappa shape index (κ1) is 29.4. The van der Waals surface area contributed by atoms with Gasteiger partial charge in [-0.15, -0.1) is 0 Å². The van der Waals surface area contributed by atoms with Gasteiger partial charge < -0.3 is 14.4 Å². The number of hydrogen-bond acceptors (Lipinski definition) is 13. The lowest BCUT2D eigenvalue weighted by atomic mass is 9.51. The van der Waals surface area contributed by atoms with E-state index in [1.807, 2.05) is 88.6 Å². The lowest BCUT2D eigenvalue weighted by molar-refractivity contribution is -0.128. The molecule has 18 heteroatoms. The molecule has 3 fully saturated rings. The number of allylic oxidation sites excluding steroid dienone is 4. The number of Topliss-reactive ketones (excluding diaryl/α,β-unsaturated/α-hetero) is 1. The summed E-state index contributed by atoms with van der Waals surface area (Å²) in [6, 6.07) is 32.5. The summed E-state index contributed by atoms with van der Waals surface area (Å²) in [5, 5.41) is 15.1. The molecule has 0 radical (unpaired) electrons. The first-order valence-electron chi connectivity index (χ1n) is 100. The van der Waals surface area contributed by atoms with E-state index in [-0.39, 0.29) is 58.8 Å². The minimum atomic E-state index is -0.708. The smallest absolute Gasteiger partial charge is 0.226 e. The summed E-state index contributed by atoms with van der Waals surface area (Å²) < 4.78 is 671. The maximum Gasteiger partial charge on any atom is 0.226 e. The van der Waals surface area contributed by atoms with Gasteiger partial charge in [0.15, 0.2) is 23.3 Å². The van der Waals surface area contributed by atoms with Gasteiger partial charge in [-0.1, -0.05) is 110 Å². The summed E-state index contributed by atoms with van der Waals surface area (Å²) >= 11 is 0. The fourth-order valence-electron chi connectivity index (χ4n) is 19.9. The van der Waals surface area contributed by atoms with E-state index in [1.165, 1.54) is 31.0 Å². The van der Waals surface area contributed by atoms with Gasteiger partial charge in [-0.25, -0.2) is 52.8 Å². The average molecular weight is 1820 g/mol. The highest BCUT2D eigenvalue weighted by Crippen LogP contribution is 2.61. The fraction of sp³-hybridized carbons (Fsp3) is 0.389. The predicted octanol–water partition coefficient (Wildman–Crippen LogP) is 35.7. The molecule has 19 rings (SSSR count). The van der Waals surface area contributed by atoms with Gasteiger partial charge in [-0.3, -0.25) is 15.0 Å². The number of hydrogen-bond donors (Lipinski definition) is 1. The Morgan fingerprint density at radius 2 is 0.889 bits per heavy atom. The molecular formula is C90H211F3N12O3. The maximum absolute atomic E-state index is 15.2. The molecule has 1 N–H and O–H groups in total. The Morgan fingerprint density at radius 3 is 1.31 bits per heavy atom. The largest absolute Gasteiger partial charge is 0.523 e. The van der Waals surface area contributed by atoms with E-state index in [0.29, 0.717) is 99.9 Å². The molecule has 15 nitrogen and oxygen atoms in total. The van der Waals surface area contributed by atoms with Crippen LogP contribution in [0, 0.1) is 59.2 Å². The molecule has 3 aromatic carbocycles. The third-order valence-electron chi connectivity index (χ3n) is 25.7. The molecule has 0 unspecified atom stereocenters. The molecule has 0 aliphatic heterocycles. The zero-order valence-corrected chi connectivity index (χ0v) is 62.4. The average Bonchev–Trinajstić information content (AvgIpc) is 1.39. The number of pyridine rings is 3. The van der Waals surface area contributed by atoms with Crippen molar-refractivity contribution in [1.82, 2.24) is 50.0 Å². The van der Waals surface area contributed by atoms with E-state index in [0.717, 1.165) is 137 Å². The molecule has 6 atom stereocenters. The van der Waals surface area contributed by atoms with Crippen LogP contribution in [0.15, 0.2) is 162 Å². The Balaban J connectivity index is -0.0000000371. The SMILES string of the molecule is CC1(C)c2oncc2C[C@@]2(C)c3nc(-c4ccnc(C5CC5)c4)nc(-c4ccccc4F)c3CC[C@H]12.[3HH].[3H][3H].[3H][3H].[3H][3H].[3H][3H].[3H][3H].[3H][3H].[3H][3H].[3H][3H].[3H][3H].[3H][3H].[3H][3H].[3H][3H].[3H][3H].[3H][3H].[3H][3H].[3H][3H].[3H][3H].[3H][3H].[3H][3H].[3H][3H].[3H][3H].[3H][3H].[3H][3H].[3H][3H].[3H][3H].[3H][3H].[3H][3H].[3H][3H].[3H][3H].[3H][3H].[3H][3H].[3H][3H].[3H][3H].[3H][3H].[3H][3H].[3H][3H].[3H][3H].[3H][3H].[3H][3H].[3H][3H].[3H][3H].[3H][3H].[3H][3H].[3H][3H].[3H][3H].[3H][3H].[3H][3H].[3H][3H].[3H][3H].[3H][3H].[3H][3H].[3H][3H].[3H][3H].[3H][3H].[3H][3H].[3H][3H].[3H][3H].[3H][3H].[3H][3H].[3H][3H].[3H][3H].[3H][3H].[C-]#[N+]C1=C(O)C(C)(C)[C@H]2CCc3c(-c4ccccc4F)nc(-c4ccnc(C5CC5)c4)nc3[C@]2(C)C1.[C-]#[N+]C1=C[C@@]2(C)c3nc(-c4ccnc(C5CC5)c4)nc(-c4ccccc4F)c3CC[C@@H]2C(C)(C)C1=O. The fourth-order valence-corrected chi connectivity index (χ4v) is 19.9. The number of aliphatic hydroxyl groups is 1. The van der Waals surface area contributed by atoms with Gasteiger partial charge in [-0.2, -0.15) is 0 Å². The summed E-state index contributed by atoms with van der Waals surface area (Å²) in [6.07, 6.45) is 21.9. The third-order valence-corrected chi connectivity index (χ3v) is 25.7. The summed E-state index contributed by atoms with van der Waals surface area (Å²) in [5.41, 5.74) is 13.6. The molecular weight excluding hydrogens is 1350 g/mol. The van der Waals surface area contributed by atoms with E-state index < -0.39 is 21.7 Å². The Hall–Kier alpha value is -10.7. The molecule has 7 heterocycles. The highest BCUT2D eigenvalue weighted by atomic mass is 19.1. The van der Waals surface area contributed by atoms with Crippen molar-refractivity contribution in [3.8, 4) is 67.9 Å². The van der Waals surface area contributed by atoms with Gasteiger partial charge in [0, 0.05) is 327 Å². The van der Waals surface area contributed by atoms with Crippen LogP contribution in [-0.2, 0) is 52.1 Å². The molecule has 0 spiro atoms. The van der Waals surface area contributed by atoms with Crippen molar-refractivity contribution in [3.63, 3.8) is 0 Å². The van der Waals surface area contributed by atoms with Crippen molar-refractivity contribution < 1.29 is 213 Å². The molecule has 0 amide bonds. The summed E-state index contributed by atoms with van der Waals surface area (Å²) in [5.74, 6) is 3.74. The number of rotatable bonds is 9. The van der Waals surface area contributed by atoms with Crippen molar-refractivity contribution in [3.05, 3.63) is 260 Å². The van der Waals surface area contributed by atoms with Crippen molar-refractivity contribution in [1.29, 1.82) is 0 Å². The molecule has 9 aliphatic carbocycles. The van der Waals surface area contributed by atoms with Gasteiger partial charge in [0.25, 0.3) is 0 Å².